The van der Waals surface area contributed by atoms with Gasteiger partial charge in [0.1, 0.15) is 17.9 Å². The second kappa shape index (κ2) is 15.9. The first-order valence-electron chi connectivity index (χ1n) is 20.5. The molecule has 3 aromatic heterocycles. The van der Waals surface area contributed by atoms with Crippen molar-refractivity contribution in [2.75, 3.05) is 33.3 Å². The molecule has 9 rings (SSSR count). The number of nitrogens with zero attached hydrogens (tertiary/aromatic N) is 7. The molecule has 0 bridgehead atoms. The van der Waals surface area contributed by atoms with E-state index in [1.807, 2.05) is 30.9 Å². The summed E-state index contributed by atoms with van der Waals surface area (Å²) in [6.07, 6.45) is 15.1. The van der Waals surface area contributed by atoms with Crippen LogP contribution >= 0.6 is 0 Å². The fraction of sp³-hybridized carbons (Fsp3) is 0.432. The highest BCUT2D eigenvalue weighted by molar-refractivity contribution is 6.23. The highest BCUT2D eigenvalue weighted by Crippen LogP contribution is 2.34. The van der Waals surface area contributed by atoms with Crippen molar-refractivity contribution in [2.45, 2.75) is 82.0 Å². The number of amides is 4. The number of rotatable bonds is 13. The number of fused-ring (bicyclic) bond motifs is 4. The Bertz CT molecular complexity index is 2380. The van der Waals surface area contributed by atoms with E-state index in [1.165, 1.54) is 5.39 Å². The number of hydrogen-bond acceptors (Lipinski definition) is 11. The van der Waals surface area contributed by atoms with Crippen LogP contribution in [0.5, 0.6) is 11.8 Å². The minimum Gasteiger partial charge on any atom is -0.494 e. The van der Waals surface area contributed by atoms with Crippen molar-refractivity contribution >= 4 is 45.4 Å². The van der Waals surface area contributed by atoms with Crippen molar-refractivity contribution in [1.29, 1.82) is 0 Å². The second-order valence-corrected chi connectivity index (χ2v) is 16.1. The molecular formula is C44H48N8O6. The molecule has 3 fully saturated rings. The van der Waals surface area contributed by atoms with Crippen LogP contribution in [0.1, 0.15) is 78.5 Å². The number of hydrogen-bond donors (Lipinski definition) is 1. The van der Waals surface area contributed by atoms with Crippen LogP contribution in [0.3, 0.4) is 0 Å². The summed E-state index contributed by atoms with van der Waals surface area (Å²) in [5, 5.41) is 4.55. The quantitative estimate of drug-likeness (QED) is 0.125. The minimum absolute atomic E-state index is 0.0888. The lowest BCUT2D eigenvalue weighted by molar-refractivity contribution is -0.136. The molecule has 1 saturated carbocycles. The van der Waals surface area contributed by atoms with E-state index in [4.69, 9.17) is 9.47 Å². The number of aromatic nitrogens is 4. The standard InChI is InChI=1S/C44H48N8O6/c1-49(30-21-32(22-30)58-44-46-24-28(25-47-44)27-6-8-33-36-26-45-15-12-37(36)50(2)39(33)20-27)29-13-17-51(18-14-29)16-4-3-5-19-57-31-7-9-34-35(23-31)43(56)52(42(34)55)38-10-11-40(53)48-41(38)54/h6-9,12,15,20,23-26,29-30,32,38H,3-5,10-11,13-14,16-19,21-22H2,1-2H3,(H,48,53,54)/t30-,32-,38?. The summed E-state index contributed by atoms with van der Waals surface area (Å²) in [5.41, 5.74) is 4.81. The van der Waals surface area contributed by atoms with E-state index < -0.39 is 29.7 Å². The normalized spacial score (nSPS) is 21.5. The largest absolute Gasteiger partial charge is 0.494 e. The number of carbonyl (C=O) groups excluding carboxylic acids is 4. The Hall–Kier alpha value is -5.73. The summed E-state index contributed by atoms with van der Waals surface area (Å²) in [7, 11) is 4.34. The molecule has 6 heterocycles. The fourth-order valence-corrected chi connectivity index (χ4v) is 9.07. The highest BCUT2D eigenvalue weighted by Gasteiger charge is 2.45. The first-order valence-corrected chi connectivity index (χ1v) is 20.5. The average Bonchev–Trinajstić information content (AvgIpc) is 3.65. The maximum Gasteiger partial charge on any atom is 0.316 e. The molecule has 4 amide bonds. The predicted octanol–water partition coefficient (Wildman–Crippen LogP) is 5.14. The topological polar surface area (TPSA) is 152 Å². The zero-order valence-electron chi connectivity index (χ0n) is 32.9. The van der Waals surface area contributed by atoms with Crippen LogP contribution < -0.4 is 14.8 Å². The van der Waals surface area contributed by atoms with E-state index in [9.17, 15) is 19.2 Å². The van der Waals surface area contributed by atoms with E-state index in [-0.39, 0.29) is 30.1 Å². The van der Waals surface area contributed by atoms with Crippen LogP contribution in [-0.4, -0.2) is 115 Å². The first kappa shape index (κ1) is 37.8. The third-order valence-electron chi connectivity index (χ3n) is 12.6. The zero-order chi connectivity index (χ0) is 39.9. The summed E-state index contributed by atoms with van der Waals surface area (Å²) in [6, 6.07) is 13.9. The Morgan fingerprint density at radius 2 is 1.60 bits per heavy atom. The molecule has 3 aliphatic heterocycles. The number of piperidine rings is 2. The third-order valence-corrected chi connectivity index (χ3v) is 12.6. The van der Waals surface area contributed by atoms with Crippen molar-refractivity contribution in [3.05, 3.63) is 78.4 Å². The van der Waals surface area contributed by atoms with Crippen LogP contribution in [0.2, 0.25) is 0 Å². The molecular weight excluding hydrogens is 737 g/mol. The SMILES string of the molecule is Cn1c2ccncc2c2ccc(-c3cnc(O[C@H]4C[C@H](N(C)C5CCN(CCCCCOc6ccc7c(c6)C(=O)N(C6CCC(=O)NC6=O)C7=O)CC5)C4)nc3)cc21. The molecule has 0 spiro atoms. The Kier molecular flexibility index (Phi) is 10.4. The van der Waals surface area contributed by atoms with E-state index in [2.05, 4.69) is 66.9 Å². The van der Waals surface area contributed by atoms with Gasteiger partial charge in [0, 0.05) is 85.0 Å². The Morgan fingerprint density at radius 1 is 0.810 bits per heavy atom. The van der Waals surface area contributed by atoms with Gasteiger partial charge in [-0.3, -0.25) is 34.4 Å². The average molecular weight is 785 g/mol. The summed E-state index contributed by atoms with van der Waals surface area (Å²) in [4.78, 5) is 69.4. The fourth-order valence-electron chi connectivity index (χ4n) is 9.07. The number of benzene rings is 2. The molecule has 58 heavy (non-hydrogen) atoms. The van der Waals surface area contributed by atoms with Crippen LogP contribution in [0.4, 0.5) is 0 Å². The van der Waals surface area contributed by atoms with Crippen LogP contribution in [0.25, 0.3) is 32.9 Å². The van der Waals surface area contributed by atoms with Crippen molar-refractivity contribution in [1.82, 2.24) is 39.5 Å². The van der Waals surface area contributed by atoms with Crippen LogP contribution in [0.15, 0.2) is 67.3 Å². The smallest absolute Gasteiger partial charge is 0.316 e. The number of pyridine rings is 1. The molecule has 4 aliphatic rings. The van der Waals surface area contributed by atoms with Gasteiger partial charge in [-0.05, 0) is 101 Å². The van der Waals surface area contributed by atoms with Gasteiger partial charge < -0.3 is 23.8 Å². The Morgan fingerprint density at radius 3 is 2.40 bits per heavy atom. The predicted molar refractivity (Wildman–Crippen MR) is 216 cm³/mol. The molecule has 2 saturated heterocycles. The number of likely N-dealkylation sites (tertiary alicyclic amines) is 1. The number of nitrogens with one attached hydrogen (secondary N) is 1. The lowest BCUT2D eigenvalue weighted by Gasteiger charge is -2.46. The summed E-state index contributed by atoms with van der Waals surface area (Å²) >= 11 is 0. The molecule has 1 unspecified atom stereocenters. The van der Waals surface area contributed by atoms with Gasteiger partial charge in [-0.1, -0.05) is 12.1 Å². The van der Waals surface area contributed by atoms with Gasteiger partial charge in [-0.25, -0.2) is 9.97 Å². The monoisotopic (exact) mass is 784 g/mol. The van der Waals surface area contributed by atoms with Gasteiger partial charge in [0.2, 0.25) is 11.8 Å². The second-order valence-electron chi connectivity index (χ2n) is 16.1. The molecule has 1 N–H and O–H groups in total. The Labute approximate surface area is 336 Å². The lowest BCUT2D eigenvalue weighted by atomic mass is 9.86. The van der Waals surface area contributed by atoms with Crippen molar-refractivity contribution < 1.29 is 28.7 Å². The first-order chi connectivity index (χ1) is 28.2. The molecule has 14 nitrogen and oxygen atoms in total. The zero-order valence-corrected chi connectivity index (χ0v) is 32.9. The number of ether oxygens (including phenoxy) is 2. The number of carbonyl (C=O) groups is 4. The molecule has 5 aromatic rings. The van der Waals surface area contributed by atoms with Gasteiger partial charge >= 0.3 is 6.01 Å². The van der Waals surface area contributed by atoms with Crippen LogP contribution in [0, 0.1) is 0 Å². The third kappa shape index (κ3) is 7.30. The minimum atomic E-state index is -0.979. The maximum atomic E-state index is 13.1. The lowest BCUT2D eigenvalue weighted by Crippen LogP contribution is -2.54. The molecule has 2 aromatic carbocycles. The van der Waals surface area contributed by atoms with Gasteiger partial charge in [0.05, 0.1) is 23.3 Å². The molecule has 1 aliphatic carbocycles. The van der Waals surface area contributed by atoms with Gasteiger partial charge in [-0.2, -0.15) is 0 Å². The van der Waals surface area contributed by atoms with Gasteiger partial charge in [0.15, 0.2) is 0 Å². The maximum absolute atomic E-state index is 13.1. The molecule has 0 radical (unpaired) electrons. The molecule has 14 heteroatoms. The van der Waals surface area contributed by atoms with Crippen molar-refractivity contribution in [3.8, 4) is 22.9 Å². The summed E-state index contributed by atoms with van der Waals surface area (Å²) < 4.78 is 14.3. The van der Waals surface area contributed by atoms with E-state index >= 15 is 0 Å². The number of unbranched alkanes of at least 4 members (excludes halogenated alkanes) is 2. The van der Waals surface area contributed by atoms with Crippen molar-refractivity contribution in [2.24, 2.45) is 7.05 Å². The number of imide groups is 2. The molecule has 1 atom stereocenters. The molecule has 300 valence electrons. The van der Waals surface area contributed by atoms with E-state index in [0.717, 1.165) is 97.0 Å². The van der Waals surface area contributed by atoms with E-state index in [0.29, 0.717) is 30.5 Å². The van der Waals surface area contributed by atoms with E-state index in [1.54, 1.807) is 18.2 Å². The van der Waals surface area contributed by atoms with Crippen molar-refractivity contribution in [3.63, 3.8) is 0 Å². The highest BCUT2D eigenvalue weighted by atomic mass is 16.5. The van der Waals surface area contributed by atoms with Gasteiger partial charge in [0.25, 0.3) is 11.8 Å². The Balaban J connectivity index is 0.661. The van der Waals surface area contributed by atoms with Crippen LogP contribution in [-0.2, 0) is 16.6 Å². The number of aryl methyl sites for hydroxylation is 1. The summed E-state index contributed by atoms with van der Waals surface area (Å²) in [6.45, 7) is 3.77. The summed E-state index contributed by atoms with van der Waals surface area (Å²) in [5.74, 6) is -1.54. The van der Waals surface area contributed by atoms with Gasteiger partial charge in [-0.15, -0.1) is 0 Å².